The molecular weight excluding hydrogens is 400 g/mol. The number of rotatable bonds is 8. The zero-order valence-electron chi connectivity index (χ0n) is 17.2. The van der Waals surface area contributed by atoms with Crippen LogP contribution in [0.15, 0.2) is 23.1 Å². The average Bonchev–Trinajstić information content (AvgIpc) is 2.68. The molecule has 0 unspecified atom stereocenters. The van der Waals surface area contributed by atoms with Gasteiger partial charge in [0.15, 0.2) is 6.29 Å². The minimum Gasteiger partial charge on any atom is -0.308 e. The standard InChI is InChI=1S/C23H27ClN4O2/c1-15-18(11-26-27-22(15)30)3-2-6-28-13-23(14-28)8-16(9-23)7-17-4-5-21(24)20(12-29)19(17)10-25/h4-5,10-12,16,25H,2-3,6-9,13-14H2,1H3,(H,27,30). The van der Waals surface area contributed by atoms with E-state index in [4.69, 9.17) is 17.0 Å². The van der Waals surface area contributed by atoms with Gasteiger partial charge in [-0.05, 0) is 74.1 Å². The maximum atomic E-state index is 11.6. The summed E-state index contributed by atoms with van der Waals surface area (Å²) in [6, 6.07) is 3.73. The predicted octanol–water partition coefficient (Wildman–Crippen LogP) is 3.43. The Morgan fingerprint density at radius 1 is 1.30 bits per heavy atom. The summed E-state index contributed by atoms with van der Waals surface area (Å²) < 4.78 is 0. The number of benzene rings is 1. The Morgan fingerprint density at radius 2 is 2.07 bits per heavy atom. The van der Waals surface area contributed by atoms with Crippen LogP contribution in [0.2, 0.25) is 5.02 Å². The first-order valence-electron chi connectivity index (χ1n) is 10.5. The Hall–Kier alpha value is -2.31. The van der Waals surface area contributed by atoms with E-state index in [0.29, 0.717) is 27.5 Å². The van der Waals surface area contributed by atoms with E-state index in [-0.39, 0.29) is 5.56 Å². The maximum absolute atomic E-state index is 11.6. The Bertz CT molecular complexity index is 1020. The number of halogens is 1. The van der Waals surface area contributed by atoms with Gasteiger partial charge in [0.1, 0.15) is 0 Å². The number of likely N-dealkylation sites (tertiary alicyclic amines) is 1. The molecule has 1 aliphatic carbocycles. The fraction of sp³-hybridized carbons (Fsp3) is 0.478. The van der Waals surface area contributed by atoms with Crippen molar-refractivity contribution in [2.45, 2.75) is 39.0 Å². The van der Waals surface area contributed by atoms with E-state index in [0.717, 1.165) is 61.9 Å². The van der Waals surface area contributed by atoms with Crippen LogP contribution in [0, 0.1) is 23.7 Å². The van der Waals surface area contributed by atoms with Crippen molar-refractivity contribution in [3.8, 4) is 0 Å². The van der Waals surface area contributed by atoms with Gasteiger partial charge in [0.05, 0.1) is 11.2 Å². The quantitative estimate of drug-likeness (QED) is 0.499. The summed E-state index contributed by atoms with van der Waals surface area (Å²) in [5.74, 6) is 0.608. The number of aromatic amines is 1. The van der Waals surface area contributed by atoms with Gasteiger partial charge >= 0.3 is 0 Å². The molecule has 2 aromatic rings. The molecular formula is C23H27ClN4O2. The molecule has 0 atom stereocenters. The summed E-state index contributed by atoms with van der Waals surface area (Å²) >= 11 is 6.09. The van der Waals surface area contributed by atoms with Crippen molar-refractivity contribution in [1.82, 2.24) is 15.1 Å². The molecule has 1 saturated carbocycles. The second-order valence-corrected chi connectivity index (χ2v) is 9.35. The molecule has 2 N–H and O–H groups in total. The number of hydrogen-bond acceptors (Lipinski definition) is 5. The number of carbonyl (C=O) groups is 1. The van der Waals surface area contributed by atoms with Crippen LogP contribution in [-0.4, -0.2) is 47.2 Å². The molecule has 0 radical (unpaired) electrons. The third-order valence-corrected chi connectivity index (χ3v) is 7.12. The van der Waals surface area contributed by atoms with E-state index in [1.165, 1.54) is 19.1 Å². The second kappa shape index (κ2) is 8.44. The summed E-state index contributed by atoms with van der Waals surface area (Å²) in [6.45, 7) is 5.20. The molecule has 2 fully saturated rings. The van der Waals surface area contributed by atoms with Crippen molar-refractivity contribution in [3.05, 3.63) is 61.5 Å². The molecule has 2 aliphatic rings. The topological polar surface area (TPSA) is 89.9 Å². The van der Waals surface area contributed by atoms with Crippen LogP contribution in [0.4, 0.5) is 0 Å². The molecule has 30 heavy (non-hydrogen) atoms. The van der Waals surface area contributed by atoms with Gasteiger partial charge in [0.25, 0.3) is 5.56 Å². The minimum atomic E-state index is -0.0944. The summed E-state index contributed by atoms with van der Waals surface area (Å²) in [5.41, 5.74) is 4.32. The van der Waals surface area contributed by atoms with Crippen molar-refractivity contribution >= 4 is 24.1 Å². The highest BCUT2D eigenvalue weighted by Crippen LogP contribution is 2.53. The minimum absolute atomic E-state index is 0.0944. The molecule has 0 amide bonds. The SMILES string of the molecule is Cc1c(CCCN2CC3(CC(Cc4ccc(Cl)c(C=O)c4C=N)C3)C2)cn[nH]c1=O. The van der Waals surface area contributed by atoms with Crippen molar-refractivity contribution in [3.63, 3.8) is 0 Å². The molecule has 7 heteroatoms. The number of hydrogen-bond donors (Lipinski definition) is 2. The lowest BCUT2D eigenvalue weighted by Crippen LogP contribution is -2.62. The summed E-state index contributed by atoms with van der Waals surface area (Å²) in [6.07, 6.45) is 9.00. The van der Waals surface area contributed by atoms with Gasteiger partial charge in [-0.3, -0.25) is 9.59 Å². The van der Waals surface area contributed by atoms with Crippen LogP contribution in [0.25, 0.3) is 0 Å². The van der Waals surface area contributed by atoms with E-state index in [9.17, 15) is 9.59 Å². The lowest BCUT2D eigenvalue weighted by molar-refractivity contribution is -0.0937. The van der Waals surface area contributed by atoms with Crippen LogP contribution in [0.1, 0.15) is 51.9 Å². The average molecular weight is 427 g/mol. The van der Waals surface area contributed by atoms with E-state index < -0.39 is 0 Å². The van der Waals surface area contributed by atoms with Crippen LogP contribution >= 0.6 is 11.6 Å². The predicted molar refractivity (Wildman–Crippen MR) is 118 cm³/mol. The molecule has 6 nitrogen and oxygen atoms in total. The van der Waals surface area contributed by atoms with Crippen molar-refractivity contribution < 1.29 is 4.79 Å². The van der Waals surface area contributed by atoms with Crippen LogP contribution in [0.5, 0.6) is 0 Å². The molecule has 1 aliphatic heterocycles. The Kier molecular flexibility index (Phi) is 5.89. The van der Waals surface area contributed by atoms with E-state index in [1.54, 1.807) is 12.3 Å². The molecule has 4 rings (SSSR count). The zero-order valence-corrected chi connectivity index (χ0v) is 18.0. The number of aromatic nitrogens is 2. The highest BCUT2D eigenvalue weighted by molar-refractivity contribution is 6.33. The Morgan fingerprint density at radius 3 is 2.77 bits per heavy atom. The number of nitrogens with zero attached hydrogens (tertiary/aromatic N) is 2. The van der Waals surface area contributed by atoms with Gasteiger partial charge in [-0.1, -0.05) is 17.7 Å². The van der Waals surface area contributed by atoms with Gasteiger partial charge in [-0.15, -0.1) is 0 Å². The van der Waals surface area contributed by atoms with Crippen molar-refractivity contribution in [2.24, 2.45) is 11.3 Å². The first-order valence-corrected chi connectivity index (χ1v) is 10.8. The molecule has 1 aromatic heterocycles. The van der Waals surface area contributed by atoms with Crippen LogP contribution in [0.3, 0.4) is 0 Å². The Balaban J connectivity index is 1.24. The van der Waals surface area contributed by atoms with Gasteiger partial charge in [-0.25, -0.2) is 5.10 Å². The lowest BCUT2D eigenvalue weighted by Gasteiger charge is -2.59. The van der Waals surface area contributed by atoms with Crippen LogP contribution < -0.4 is 5.56 Å². The largest absolute Gasteiger partial charge is 0.308 e. The third-order valence-electron chi connectivity index (χ3n) is 6.79. The third kappa shape index (κ3) is 3.98. The fourth-order valence-electron chi connectivity index (χ4n) is 5.30. The number of carbonyl (C=O) groups excluding carboxylic acids is 1. The van der Waals surface area contributed by atoms with Crippen LogP contribution in [-0.2, 0) is 12.8 Å². The highest BCUT2D eigenvalue weighted by Gasteiger charge is 2.51. The number of aldehydes is 1. The van der Waals surface area contributed by atoms with Crippen molar-refractivity contribution in [2.75, 3.05) is 19.6 Å². The smallest absolute Gasteiger partial charge is 0.267 e. The highest BCUT2D eigenvalue weighted by atomic mass is 35.5. The molecule has 2 heterocycles. The van der Waals surface area contributed by atoms with Gasteiger partial charge < -0.3 is 10.3 Å². The summed E-state index contributed by atoms with van der Waals surface area (Å²) in [4.78, 5) is 25.4. The number of H-pyrrole nitrogens is 1. The number of nitrogens with one attached hydrogen (secondary N) is 2. The van der Waals surface area contributed by atoms with Crippen molar-refractivity contribution in [1.29, 1.82) is 5.41 Å². The lowest BCUT2D eigenvalue weighted by atomic mass is 9.56. The van der Waals surface area contributed by atoms with Gasteiger partial charge in [-0.2, -0.15) is 5.10 Å². The molecule has 1 saturated heterocycles. The first-order chi connectivity index (χ1) is 14.4. The molecule has 1 aromatic carbocycles. The maximum Gasteiger partial charge on any atom is 0.267 e. The monoisotopic (exact) mass is 426 g/mol. The number of aryl methyl sites for hydroxylation is 1. The van der Waals surface area contributed by atoms with Gasteiger partial charge in [0.2, 0.25) is 0 Å². The first kappa shape index (κ1) is 20.9. The van der Waals surface area contributed by atoms with E-state index in [1.807, 2.05) is 13.0 Å². The zero-order chi connectivity index (χ0) is 21.3. The second-order valence-electron chi connectivity index (χ2n) is 8.94. The van der Waals surface area contributed by atoms with E-state index in [2.05, 4.69) is 15.1 Å². The van der Waals surface area contributed by atoms with Gasteiger partial charge in [0, 0.05) is 36.0 Å². The molecule has 158 valence electrons. The van der Waals surface area contributed by atoms with E-state index >= 15 is 0 Å². The fourth-order valence-corrected chi connectivity index (χ4v) is 5.51. The molecule has 1 spiro atoms. The molecule has 0 bridgehead atoms. The summed E-state index contributed by atoms with van der Waals surface area (Å²) in [7, 11) is 0. The Labute approximate surface area is 181 Å². The summed E-state index contributed by atoms with van der Waals surface area (Å²) in [5, 5.41) is 14.5. The normalized spacial score (nSPS) is 18.1.